The standard InChI is InChI=1S/C11H14O/c1-2-3-5-10-6-4-7-11(8-10)9-12/h4,6-9H,2-3,5H2,1H3. The molecule has 0 aliphatic heterocycles. The molecular weight excluding hydrogens is 148 g/mol. The zero-order valence-corrected chi connectivity index (χ0v) is 7.42. The first-order chi connectivity index (χ1) is 5.86. The number of aryl methyl sites for hydroxylation is 1. The molecular formula is C11H14O. The minimum Gasteiger partial charge on any atom is -0.298 e. The molecule has 12 heavy (non-hydrogen) atoms. The Balaban J connectivity index is 2.66. The van der Waals surface area contributed by atoms with Gasteiger partial charge in [-0.25, -0.2) is 0 Å². The molecule has 0 bridgehead atoms. The van der Waals surface area contributed by atoms with E-state index in [4.69, 9.17) is 0 Å². The smallest absolute Gasteiger partial charge is 0.150 e. The second-order valence-electron chi connectivity index (χ2n) is 2.97. The Labute approximate surface area is 73.4 Å². The lowest BCUT2D eigenvalue weighted by atomic mass is 10.1. The molecule has 0 aliphatic rings. The summed E-state index contributed by atoms with van der Waals surface area (Å²) in [5.74, 6) is 0. The Morgan fingerprint density at radius 1 is 1.42 bits per heavy atom. The van der Waals surface area contributed by atoms with Crippen molar-refractivity contribution in [1.29, 1.82) is 0 Å². The average Bonchev–Trinajstić information content (AvgIpc) is 2.15. The molecule has 0 unspecified atom stereocenters. The highest BCUT2D eigenvalue weighted by Gasteiger charge is 1.93. The van der Waals surface area contributed by atoms with E-state index >= 15 is 0 Å². The molecule has 0 atom stereocenters. The van der Waals surface area contributed by atoms with Crippen molar-refractivity contribution in [2.24, 2.45) is 0 Å². The van der Waals surface area contributed by atoms with Gasteiger partial charge in [-0.3, -0.25) is 4.79 Å². The van der Waals surface area contributed by atoms with Crippen LogP contribution in [0.4, 0.5) is 0 Å². The van der Waals surface area contributed by atoms with Gasteiger partial charge in [0.1, 0.15) is 6.29 Å². The summed E-state index contributed by atoms with van der Waals surface area (Å²) in [6.07, 6.45) is 4.38. The van der Waals surface area contributed by atoms with Crippen molar-refractivity contribution in [2.45, 2.75) is 26.2 Å². The van der Waals surface area contributed by atoms with E-state index in [0.29, 0.717) is 0 Å². The number of rotatable bonds is 4. The molecule has 0 fully saturated rings. The van der Waals surface area contributed by atoms with Crippen molar-refractivity contribution in [3.63, 3.8) is 0 Å². The number of carbonyl (C=O) groups is 1. The molecule has 1 nitrogen and oxygen atoms in total. The average molecular weight is 162 g/mol. The van der Waals surface area contributed by atoms with Crippen molar-refractivity contribution in [3.05, 3.63) is 35.4 Å². The van der Waals surface area contributed by atoms with Gasteiger partial charge in [-0.2, -0.15) is 0 Å². The van der Waals surface area contributed by atoms with Gasteiger partial charge in [0, 0.05) is 5.56 Å². The van der Waals surface area contributed by atoms with E-state index in [-0.39, 0.29) is 0 Å². The van der Waals surface area contributed by atoms with Gasteiger partial charge in [-0.05, 0) is 24.5 Å². The highest BCUT2D eigenvalue weighted by molar-refractivity contribution is 5.74. The summed E-state index contributed by atoms with van der Waals surface area (Å²) >= 11 is 0. The van der Waals surface area contributed by atoms with Gasteiger partial charge in [-0.15, -0.1) is 0 Å². The SMILES string of the molecule is CCCCc1cccc(C=O)c1. The number of carbonyl (C=O) groups excluding carboxylic acids is 1. The summed E-state index contributed by atoms with van der Waals surface area (Å²) < 4.78 is 0. The number of benzene rings is 1. The van der Waals surface area contributed by atoms with Crippen molar-refractivity contribution in [2.75, 3.05) is 0 Å². The lowest BCUT2D eigenvalue weighted by Crippen LogP contribution is -1.86. The topological polar surface area (TPSA) is 17.1 Å². The lowest BCUT2D eigenvalue weighted by Gasteiger charge is -1.99. The number of unbranched alkanes of at least 4 members (excludes halogenated alkanes) is 1. The van der Waals surface area contributed by atoms with Crippen LogP contribution in [0.3, 0.4) is 0 Å². The van der Waals surface area contributed by atoms with E-state index in [0.717, 1.165) is 18.3 Å². The van der Waals surface area contributed by atoms with Crippen LogP contribution in [0, 0.1) is 0 Å². The fourth-order valence-electron chi connectivity index (χ4n) is 1.20. The van der Waals surface area contributed by atoms with E-state index in [1.165, 1.54) is 18.4 Å². The molecule has 1 aromatic rings. The van der Waals surface area contributed by atoms with Gasteiger partial charge in [-0.1, -0.05) is 31.5 Å². The molecule has 0 heterocycles. The maximum Gasteiger partial charge on any atom is 0.150 e. The van der Waals surface area contributed by atoms with Gasteiger partial charge in [0.25, 0.3) is 0 Å². The third-order valence-corrected chi connectivity index (χ3v) is 1.91. The molecule has 0 N–H and O–H groups in total. The van der Waals surface area contributed by atoms with Crippen LogP contribution >= 0.6 is 0 Å². The predicted molar refractivity (Wildman–Crippen MR) is 50.4 cm³/mol. The summed E-state index contributed by atoms with van der Waals surface area (Å²) in [4.78, 5) is 10.4. The van der Waals surface area contributed by atoms with Crippen LogP contribution < -0.4 is 0 Å². The van der Waals surface area contributed by atoms with Crippen LogP contribution in [0.15, 0.2) is 24.3 Å². The van der Waals surface area contributed by atoms with Crippen LogP contribution in [0.1, 0.15) is 35.7 Å². The van der Waals surface area contributed by atoms with Gasteiger partial charge in [0.2, 0.25) is 0 Å². The predicted octanol–water partition coefficient (Wildman–Crippen LogP) is 2.84. The normalized spacial score (nSPS) is 9.75. The summed E-state index contributed by atoms with van der Waals surface area (Å²) in [7, 11) is 0. The van der Waals surface area contributed by atoms with E-state index in [1.807, 2.05) is 18.2 Å². The van der Waals surface area contributed by atoms with Gasteiger partial charge in [0.05, 0.1) is 0 Å². The number of aldehydes is 1. The highest BCUT2D eigenvalue weighted by Crippen LogP contribution is 2.06. The Bertz CT molecular complexity index is 253. The Morgan fingerprint density at radius 3 is 2.92 bits per heavy atom. The van der Waals surface area contributed by atoms with Gasteiger partial charge < -0.3 is 0 Å². The second-order valence-corrected chi connectivity index (χ2v) is 2.97. The van der Waals surface area contributed by atoms with Crippen LogP contribution in [0.2, 0.25) is 0 Å². The fraction of sp³-hybridized carbons (Fsp3) is 0.364. The Hall–Kier alpha value is -1.11. The molecule has 0 spiro atoms. The molecule has 1 aromatic carbocycles. The minimum atomic E-state index is 0.781. The highest BCUT2D eigenvalue weighted by atomic mass is 16.1. The molecule has 0 radical (unpaired) electrons. The summed E-state index contributed by atoms with van der Waals surface area (Å²) in [5, 5.41) is 0. The summed E-state index contributed by atoms with van der Waals surface area (Å²) in [5.41, 5.74) is 2.05. The molecule has 64 valence electrons. The Morgan fingerprint density at radius 2 is 2.25 bits per heavy atom. The van der Waals surface area contributed by atoms with Crippen LogP contribution in [0.5, 0.6) is 0 Å². The van der Waals surface area contributed by atoms with Crippen molar-refractivity contribution in [1.82, 2.24) is 0 Å². The lowest BCUT2D eigenvalue weighted by molar-refractivity contribution is 0.112. The van der Waals surface area contributed by atoms with Crippen molar-refractivity contribution in [3.8, 4) is 0 Å². The zero-order chi connectivity index (χ0) is 8.81. The second kappa shape index (κ2) is 4.70. The van der Waals surface area contributed by atoms with Crippen LogP contribution in [0.25, 0.3) is 0 Å². The van der Waals surface area contributed by atoms with Crippen molar-refractivity contribution >= 4 is 6.29 Å². The number of hydrogen-bond donors (Lipinski definition) is 0. The quantitative estimate of drug-likeness (QED) is 0.622. The van der Waals surface area contributed by atoms with Gasteiger partial charge >= 0.3 is 0 Å². The van der Waals surface area contributed by atoms with Crippen LogP contribution in [-0.2, 0) is 6.42 Å². The first-order valence-corrected chi connectivity index (χ1v) is 4.41. The van der Waals surface area contributed by atoms with E-state index in [1.54, 1.807) is 0 Å². The molecule has 1 rings (SSSR count). The maximum absolute atomic E-state index is 10.4. The Kier molecular flexibility index (Phi) is 3.52. The third-order valence-electron chi connectivity index (χ3n) is 1.91. The summed E-state index contributed by atoms with van der Waals surface area (Å²) in [6.45, 7) is 2.17. The molecule has 0 aromatic heterocycles. The molecule has 0 saturated carbocycles. The largest absolute Gasteiger partial charge is 0.298 e. The first-order valence-electron chi connectivity index (χ1n) is 4.41. The first kappa shape index (κ1) is 8.98. The molecule has 1 heteroatoms. The molecule has 0 amide bonds. The van der Waals surface area contributed by atoms with Crippen LogP contribution in [-0.4, -0.2) is 6.29 Å². The zero-order valence-electron chi connectivity index (χ0n) is 7.42. The third kappa shape index (κ3) is 2.50. The fourth-order valence-corrected chi connectivity index (χ4v) is 1.20. The van der Waals surface area contributed by atoms with Gasteiger partial charge in [0.15, 0.2) is 0 Å². The monoisotopic (exact) mass is 162 g/mol. The molecule has 0 aliphatic carbocycles. The maximum atomic E-state index is 10.4. The molecule has 0 saturated heterocycles. The van der Waals surface area contributed by atoms with E-state index in [2.05, 4.69) is 13.0 Å². The van der Waals surface area contributed by atoms with E-state index in [9.17, 15) is 4.79 Å². The van der Waals surface area contributed by atoms with Crippen molar-refractivity contribution < 1.29 is 4.79 Å². The van der Waals surface area contributed by atoms with E-state index < -0.39 is 0 Å². The number of hydrogen-bond acceptors (Lipinski definition) is 1. The minimum absolute atomic E-state index is 0.781. The summed E-state index contributed by atoms with van der Waals surface area (Å²) in [6, 6.07) is 7.81.